The molecule has 0 amide bonds. The van der Waals surface area contributed by atoms with Crippen molar-refractivity contribution in [3.63, 3.8) is 0 Å². The van der Waals surface area contributed by atoms with Crippen LogP contribution < -0.4 is 0 Å². The van der Waals surface area contributed by atoms with Gasteiger partial charge in [-0.15, -0.1) is 0 Å². The number of methoxy groups -OCH3 is 2. The lowest BCUT2D eigenvalue weighted by molar-refractivity contribution is -0.105. The predicted octanol–water partition coefficient (Wildman–Crippen LogP) is 2.63. The lowest BCUT2D eigenvalue weighted by atomic mass is 10.2. The summed E-state index contributed by atoms with van der Waals surface area (Å²) >= 11 is 5.92. The largest absolute Gasteiger partial charge is 0.352 e. The molecule has 0 spiro atoms. The first-order valence-corrected chi connectivity index (χ1v) is 3.97. The minimum absolute atomic E-state index is 0.376. The maximum atomic E-state index is 5.92. The monoisotopic (exact) mass is 186 g/mol. The van der Waals surface area contributed by atoms with Gasteiger partial charge in [-0.1, -0.05) is 29.8 Å². The Morgan fingerprint density at radius 1 is 1.17 bits per heavy atom. The molecular formula is C9H11ClO2. The highest BCUT2D eigenvalue weighted by Gasteiger charge is 2.11. The maximum absolute atomic E-state index is 5.92. The van der Waals surface area contributed by atoms with Crippen LogP contribution in [0.5, 0.6) is 0 Å². The van der Waals surface area contributed by atoms with E-state index in [4.69, 9.17) is 21.1 Å². The smallest absolute Gasteiger partial charge is 0.184 e. The van der Waals surface area contributed by atoms with E-state index >= 15 is 0 Å². The predicted molar refractivity (Wildman–Crippen MR) is 48.2 cm³/mol. The molecule has 0 unspecified atom stereocenters. The van der Waals surface area contributed by atoms with Crippen LogP contribution in [0.4, 0.5) is 0 Å². The Morgan fingerprint density at radius 3 is 2.25 bits per heavy atom. The van der Waals surface area contributed by atoms with Crippen molar-refractivity contribution in [1.29, 1.82) is 0 Å². The Kier molecular flexibility index (Phi) is 3.53. The van der Waals surface area contributed by atoms with E-state index in [0.29, 0.717) is 5.02 Å². The number of halogens is 1. The highest BCUT2D eigenvalue weighted by atomic mass is 35.5. The van der Waals surface area contributed by atoms with Crippen LogP contribution in [-0.4, -0.2) is 14.2 Å². The van der Waals surface area contributed by atoms with E-state index in [2.05, 4.69) is 0 Å². The fourth-order valence-electron chi connectivity index (χ4n) is 1.02. The molecule has 0 atom stereocenters. The summed E-state index contributed by atoms with van der Waals surface area (Å²) in [5, 5.41) is 0.659. The van der Waals surface area contributed by atoms with Gasteiger partial charge in [-0.05, 0) is 6.07 Å². The van der Waals surface area contributed by atoms with Gasteiger partial charge in [-0.25, -0.2) is 0 Å². The molecule has 0 aromatic heterocycles. The Labute approximate surface area is 77.1 Å². The topological polar surface area (TPSA) is 18.5 Å². The van der Waals surface area contributed by atoms with Crippen LogP contribution in [0, 0.1) is 0 Å². The third kappa shape index (κ3) is 1.97. The second kappa shape index (κ2) is 4.45. The molecule has 0 saturated heterocycles. The van der Waals surface area contributed by atoms with Crippen LogP contribution in [0.15, 0.2) is 24.3 Å². The standard InChI is InChI=1S/C9H11ClO2/c1-11-9(12-2)7-5-3-4-6-8(7)10/h3-6,9H,1-2H3. The third-order valence-electron chi connectivity index (χ3n) is 1.59. The molecule has 0 heterocycles. The summed E-state index contributed by atoms with van der Waals surface area (Å²) in [6.07, 6.45) is -0.376. The van der Waals surface area contributed by atoms with E-state index in [1.807, 2.05) is 24.3 Å². The highest BCUT2D eigenvalue weighted by molar-refractivity contribution is 6.31. The van der Waals surface area contributed by atoms with Gasteiger partial charge >= 0.3 is 0 Å². The van der Waals surface area contributed by atoms with Crippen molar-refractivity contribution >= 4 is 11.6 Å². The van der Waals surface area contributed by atoms with Crippen molar-refractivity contribution in [2.24, 2.45) is 0 Å². The molecule has 0 N–H and O–H groups in total. The lowest BCUT2D eigenvalue weighted by Gasteiger charge is -2.14. The van der Waals surface area contributed by atoms with Crippen molar-refractivity contribution in [2.45, 2.75) is 6.29 Å². The first kappa shape index (κ1) is 9.52. The summed E-state index contributed by atoms with van der Waals surface area (Å²) < 4.78 is 10.1. The van der Waals surface area contributed by atoms with E-state index in [1.165, 1.54) is 0 Å². The van der Waals surface area contributed by atoms with Gasteiger partial charge in [0.15, 0.2) is 6.29 Å². The van der Waals surface area contributed by atoms with Crippen LogP contribution in [0.1, 0.15) is 11.9 Å². The van der Waals surface area contributed by atoms with Gasteiger partial charge in [0.2, 0.25) is 0 Å². The molecule has 1 aromatic carbocycles. The van der Waals surface area contributed by atoms with Gasteiger partial charge < -0.3 is 9.47 Å². The van der Waals surface area contributed by atoms with Gasteiger partial charge in [-0.3, -0.25) is 0 Å². The van der Waals surface area contributed by atoms with Gasteiger partial charge in [0, 0.05) is 24.8 Å². The van der Waals surface area contributed by atoms with Crippen molar-refractivity contribution < 1.29 is 9.47 Å². The second-order valence-electron chi connectivity index (χ2n) is 2.32. The molecule has 66 valence electrons. The SMILES string of the molecule is COC(OC)c1ccccc1Cl. The summed E-state index contributed by atoms with van der Waals surface area (Å²) in [5.74, 6) is 0. The second-order valence-corrected chi connectivity index (χ2v) is 2.73. The van der Waals surface area contributed by atoms with Gasteiger partial charge in [-0.2, -0.15) is 0 Å². The lowest BCUT2D eigenvalue weighted by Crippen LogP contribution is -2.03. The maximum Gasteiger partial charge on any atom is 0.184 e. The summed E-state index contributed by atoms with van der Waals surface area (Å²) in [5.41, 5.74) is 0.851. The fraction of sp³-hybridized carbons (Fsp3) is 0.333. The van der Waals surface area contributed by atoms with Crippen molar-refractivity contribution in [3.05, 3.63) is 34.9 Å². The summed E-state index contributed by atoms with van der Waals surface area (Å²) in [6.45, 7) is 0. The average Bonchev–Trinajstić information content (AvgIpc) is 2.10. The fourth-order valence-corrected chi connectivity index (χ4v) is 1.24. The minimum atomic E-state index is -0.376. The van der Waals surface area contributed by atoms with Crippen LogP contribution >= 0.6 is 11.6 Å². The number of hydrogen-bond acceptors (Lipinski definition) is 2. The van der Waals surface area contributed by atoms with Gasteiger partial charge in [0.1, 0.15) is 0 Å². The van der Waals surface area contributed by atoms with Crippen LogP contribution in [0.3, 0.4) is 0 Å². The van der Waals surface area contributed by atoms with Crippen molar-refractivity contribution in [2.75, 3.05) is 14.2 Å². The van der Waals surface area contributed by atoms with Gasteiger partial charge in [0.05, 0.1) is 0 Å². The minimum Gasteiger partial charge on any atom is -0.352 e. The number of ether oxygens (including phenoxy) is 2. The molecule has 0 fully saturated rings. The molecule has 12 heavy (non-hydrogen) atoms. The Hall–Kier alpha value is -0.570. The Bertz CT molecular complexity index is 246. The number of rotatable bonds is 3. The molecule has 1 rings (SSSR count). The molecule has 2 nitrogen and oxygen atoms in total. The molecule has 0 bridgehead atoms. The first-order chi connectivity index (χ1) is 5.79. The van der Waals surface area contributed by atoms with E-state index in [-0.39, 0.29) is 6.29 Å². The molecule has 0 aliphatic heterocycles. The van der Waals surface area contributed by atoms with Crippen LogP contribution in [0.2, 0.25) is 5.02 Å². The highest BCUT2D eigenvalue weighted by Crippen LogP contribution is 2.24. The van der Waals surface area contributed by atoms with Crippen molar-refractivity contribution in [3.8, 4) is 0 Å². The zero-order valence-corrected chi connectivity index (χ0v) is 7.84. The normalized spacial score (nSPS) is 10.7. The van der Waals surface area contributed by atoms with E-state index in [1.54, 1.807) is 14.2 Å². The molecule has 0 radical (unpaired) electrons. The Balaban J connectivity index is 2.92. The third-order valence-corrected chi connectivity index (χ3v) is 1.93. The number of benzene rings is 1. The number of hydrogen-bond donors (Lipinski definition) is 0. The molecular weight excluding hydrogens is 176 g/mol. The quantitative estimate of drug-likeness (QED) is 0.676. The Morgan fingerprint density at radius 2 is 1.75 bits per heavy atom. The van der Waals surface area contributed by atoms with Crippen molar-refractivity contribution in [1.82, 2.24) is 0 Å². The summed E-state index contributed by atoms with van der Waals surface area (Å²) in [4.78, 5) is 0. The zero-order chi connectivity index (χ0) is 8.97. The molecule has 0 aliphatic carbocycles. The molecule has 0 aliphatic rings. The van der Waals surface area contributed by atoms with Crippen LogP contribution in [-0.2, 0) is 9.47 Å². The molecule has 1 aromatic rings. The van der Waals surface area contributed by atoms with E-state index in [0.717, 1.165) is 5.56 Å². The first-order valence-electron chi connectivity index (χ1n) is 3.59. The van der Waals surface area contributed by atoms with Crippen LogP contribution in [0.25, 0.3) is 0 Å². The van der Waals surface area contributed by atoms with E-state index < -0.39 is 0 Å². The summed E-state index contributed by atoms with van der Waals surface area (Å²) in [7, 11) is 3.16. The van der Waals surface area contributed by atoms with E-state index in [9.17, 15) is 0 Å². The summed E-state index contributed by atoms with van der Waals surface area (Å²) in [6, 6.07) is 7.45. The average molecular weight is 187 g/mol. The molecule has 0 saturated carbocycles. The zero-order valence-electron chi connectivity index (χ0n) is 7.08. The molecule has 3 heteroatoms. The van der Waals surface area contributed by atoms with Gasteiger partial charge in [0.25, 0.3) is 0 Å².